The molecule has 0 radical (unpaired) electrons. The molecule has 0 saturated carbocycles. The van der Waals surface area contributed by atoms with Crippen LogP contribution in [0.15, 0.2) is 60.7 Å². The molecule has 7 heteroatoms. The molecule has 1 aliphatic rings. The fourth-order valence-electron chi connectivity index (χ4n) is 3.49. The molecule has 3 aromatic carbocycles. The van der Waals surface area contributed by atoms with Gasteiger partial charge in [-0.25, -0.2) is 9.37 Å². The van der Waals surface area contributed by atoms with E-state index >= 15 is 0 Å². The summed E-state index contributed by atoms with van der Waals surface area (Å²) in [5.41, 5.74) is 2.55. The van der Waals surface area contributed by atoms with Gasteiger partial charge in [0.1, 0.15) is 19.0 Å². The highest BCUT2D eigenvalue weighted by Gasteiger charge is 2.24. The number of halogens is 1. The molecule has 0 spiro atoms. The predicted molar refractivity (Wildman–Crippen MR) is 119 cm³/mol. The minimum atomic E-state index is -0.365. The summed E-state index contributed by atoms with van der Waals surface area (Å²) in [6, 6.07) is 17.9. The Hall–Kier alpha value is -3.45. The molecular formula is C24H19FN2O3S. The molecule has 31 heavy (non-hydrogen) atoms. The summed E-state index contributed by atoms with van der Waals surface area (Å²) < 4.78 is 26.5. The van der Waals surface area contributed by atoms with E-state index in [1.165, 1.54) is 22.3 Å². The lowest BCUT2D eigenvalue weighted by Crippen LogP contribution is -2.27. The van der Waals surface area contributed by atoms with Gasteiger partial charge in [-0.15, -0.1) is 0 Å². The molecule has 1 amide bonds. The maximum absolute atomic E-state index is 14.4. The van der Waals surface area contributed by atoms with Crippen LogP contribution in [0.4, 0.5) is 15.2 Å². The summed E-state index contributed by atoms with van der Waals surface area (Å²) in [5.74, 6) is 0.727. The molecular weight excluding hydrogens is 415 g/mol. The van der Waals surface area contributed by atoms with Crippen molar-refractivity contribution in [1.29, 1.82) is 0 Å². The molecule has 0 saturated heterocycles. The van der Waals surface area contributed by atoms with Crippen LogP contribution in [-0.2, 0) is 11.2 Å². The van der Waals surface area contributed by atoms with Crippen LogP contribution in [0.1, 0.15) is 11.1 Å². The minimum absolute atomic E-state index is 0.113. The van der Waals surface area contributed by atoms with E-state index in [0.717, 1.165) is 15.8 Å². The molecule has 0 bridgehead atoms. The first kappa shape index (κ1) is 19.5. The Labute approximate surface area is 182 Å². The second kappa shape index (κ2) is 8.00. The first-order valence-electron chi connectivity index (χ1n) is 9.92. The number of amides is 1. The summed E-state index contributed by atoms with van der Waals surface area (Å²) >= 11 is 1.40. The Morgan fingerprint density at radius 1 is 1.06 bits per heavy atom. The molecule has 0 fully saturated rings. The van der Waals surface area contributed by atoms with Crippen molar-refractivity contribution < 1.29 is 18.7 Å². The summed E-state index contributed by atoms with van der Waals surface area (Å²) in [7, 11) is 0. The van der Waals surface area contributed by atoms with Crippen molar-refractivity contribution in [2.45, 2.75) is 13.3 Å². The number of thiazole rings is 1. The van der Waals surface area contributed by atoms with Crippen molar-refractivity contribution >= 4 is 38.3 Å². The molecule has 5 rings (SSSR count). The van der Waals surface area contributed by atoms with Gasteiger partial charge in [-0.3, -0.25) is 9.69 Å². The highest BCUT2D eigenvalue weighted by Crippen LogP contribution is 2.35. The number of hydrogen-bond donors (Lipinski definition) is 0. The average Bonchev–Trinajstić information content (AvgIpc) is 3.20. The van der Waals surface area contributed by atoms with Gasteiger partial charge < -0.3 is 9.47 Å². The number of anilines is 2. The highest BCUT2D eigenvalue weighted by molar-refractivity contribution is 7.22. The van der Waals surface area contributed by atoms with Crippen molar-refractivity contribution in [2.75, 3.05) is 18.1 Å². The monoisotopic (exact) mass is 434 g/mol. The Bertz CT molecular complexity index is 1250. The van der Waals surface area contributed by atoms with Crippen molar-refractivity contribution in [2.24, 2.45) is 0 Å². The van der Waals surface area contributed by atoms with E-state index in [1.54, 1.807) is 19.1 Å². The van der Waals surface area contributed by atoms with Crippen LogP contribution in [0.25, 0.3) is 10.2 Å². The molecule has 156 valence electrons. The topological polar surface area (TPSA) is 51.7 Å². The number of rotatable bonds is 4. The maximum atomic E-state index is 14.4. The Morgan fingerprint density at radius 3 is 2.68 bits per heavy atom. The van der Waals surface area contributed by atoms with Crippen molar-refractivity contribution in [3.63, 3.8) is 0 Å². The van der Waals surface area contributed by atoms with Crippen molar-refractivity contribution in [3.05, 3.63) is 77.6 Å². The van der Waals surface area contributed by atoms with Crippen LogP contribution in [0, 0.1) is 12.7 Å². The molecule has 0 atom stereocenters. The first-order valence-corrected chi connectivity index (χ1v) is 10.7. The zero-order valence-corrected chi connectivity index (χ0v) is 17.6. The van der Waals surface area contributed by atoms with Crippen LogP contribution in [-0.4, -0.2) is 24.1 Å². The van der Waals surface area contributed by atoms with Crippen LogP contribution >= 0.6 is 11.3 Å². The van der Waals surface area contributed by atoms with Crippen LogP contribution in [0.3, 0.4) is 0 Å². The van der Waals surface area contributed by atoms with Gasteiger partial charge in [0.2, 0.25) is 5.91 Å². The summed E-state index contributed by atoms with van der Waals surface area (Å²) in [5, 5.41) is 0.506. The normalized spacial score (nSPS) is 12.7. The number of hydrogen-bond acceptors (Lipinski definition) is 5. The zero-order valence-electron chi connectivity index (χ0n) is 16.8. The number of aryl methyl sites for hydroxylation is 1. The Balaban J connectivity index is 1.53. The molecule has 0 unspecified atom stereocenters. The fraction of sp³-hybridized carbons (Fsp3) is 0.167. The number of nitrogens with zero attached hydrogens (tertiary/aromatic N) is 2. The smallest absolute Gasteiger partial charge is 0.237 e. The number of para-hydroxylation sites is 1. The van der Waals surface area contributed by atoms with E-state index in [1.807, 2.05) is 42.5 Å². The van der Waals surface area contributed by atoms with Gasteiger partial charge in [-0.2, -0.15) is 0 Å². The van der Waals surface area contributed by atoms with Gasteiger partial charge >= 0.3 is 0 Å². The molecule has 2 heterocycles. The quantitative estimate of drug-likeness (QED) is 0.430. The number of aromatic nitrogens is 1. The lowest BCUT2D eigenvalue weighted by Gasteiger charge is -2.22. The van der Waals surface area contributed by atoms with Gasteiger partial charge in [0.25, 0.3) is 0 Å². The van der Waals surface area contributed by atoms with Gasteiger partial charge in [-0.1, -0.05) is 35.6 Å². The number of fused-ring (bicyclic) bond motifs is 2. The number of benzene rings is 3. The SMILES string of the molecule is Cc1ccc(N(C(=O)Cc2ccc3c(c2)OCCO3)c2nc3ccccc3s2)cc1F. The maximum Gasteiger partial charge on any atom is 0.237 e. The average molecular weight is 434 g/mol. The van der Waals surface area contributed by atoms with E-state index in [-0.39, 0.29) is 18.1 Å². The number of ether oxygens (including phenoxy) is 2. The third kappa shape index (κ3) is 3.84. The lowest BCUT2D eigenvalue weighted by atomic mass is 10.1. The lowest BCUT2D eigenvalue weighted by molar-refractivity contribution is -0.117. The van der Waals surface area contributed by atoms with Gasteiger partial charge in [0, 0.05) is 0 Å². The summed E-state index contributed by atoms with van der Waals surface area (Å²) in [6.07, 6.45) is 0.113. The van der Waals surface area contributed by atoms with Gasteiger partial charge in [0.15, 0.2) is 16.6 Å². The van der Waals surface area contributed by atoms with Crippen molar-refractivity contribution in [1.82, 2.24) is 4.98 Å². The van der Waals surface area contributed by atoms with E-state index in [9.17, 15) is 9.18 Å². The number of carbonyl (C=O) groups is 1. The third-order valence-electron chi connectivity index (χ3n) is 5.10. The molecule has 1 aliphatic heterocycles. The van der Waals surface area contributed by atoms with Gasteiger partial charge in [-0.05, 0) is 54.4 Å². The fourth-order valence-corrected chi connectivity index (χ4v) is 4.49. The van der Waals surface area contributed by atoms with E-state index in [0.29, 0.717) is 41.1 Å². The predicted octanol–water partition coefficient (Wildman–Crippen LogP) is 5.42. The van der Waals surface area contributed by atoms with Crippen LogP contribution in [0.2, 0.25) is 0 Å². The third-order valence-corrected chi connectivity index (χ3v) is 6.12. The molecule has 4 aromatic rings. The zero-order chi connectivity index (χ0) is 21.4. The van der Waals surface area contributed by atoms with Gasteiger partial charge in [0.05, 0.1) is 22.3 Å². The molecule has 0 N–H and O–H groups in total. The van der Waals surface area contributed by atoms with Crippen LogP contribution < -0.4 is 14.4 Å². The van der Waals surface area contributed by atoms with E-state index < -0.39 is 0 Å². The first-order chi connectivity index (χ1) is 15.1. The number of carbonyl (C=O) groups excluding carboxylic acids is 1. The second-order valence-corrected chi connectivity index (χ2v) is 8.29. The summed E-state index contributed by atoms with van der Waals surface area (Å²) in [6.45, 7) is 2.68. The second-order valence-electron chi connectivity index (χ2n) is 7.28. The molecule has 1 aromatic heterocycles. The Morgan fingerprint density at radius 2 is 1.87 bits per heavy atom. The highest BCUT2D eigenvalue weighted by atomic mass is 32.1. The largest absolute Gasteiger partial charge is 0.486 e. The van der Waals surface area contributed by atoms with E-state index in [2.05, 4.69) is 4.98 Å². The molecule has 5 nitrogen and oxygen atoms in total. The van der Waals surface area contributed by atoms with Crippen molar-refractivity contribution in [3.8, 4) is 11.5 Å². The standard InChI is InChI=1S/C24H19FN2O3S/c1-15-6-8-17(14-18(15)25)27(24-26-19-4-2-3-5-22(19)31-24)23(28)13-16-7-9-20-21(12-16)30-11-10-29-20/h2-9,12,14H,10-11,13H2,1H3. The molecule has 0 aliphatic carbocycles. The Kier molecular flexibility index (Phi) is 5.03. The van der Waals surface area contributed by atoms with E-state index in [4.69, 9.17) is 9.47 Å². The summed E-state index contributed by atoms with van der Waals surface area (Å²) in [4.78, 5) is 19.6. The minimum Gasteiger partial charge on any atom is -0.486 e. The van der Waals surface area contributed by atoms with Crippen LogP contribution in [0.5, 0.6) is 11.5 Å².